The zero-order valence-corrected chi connectivity index (χ0v) is 16.5. The van der Waals surface area contributed by atoms with E-state index < -0.39 is 18.0 Å². The molecule has 1 aliphatic carbocycles. The Hall–Kier alpha value is -2.24. The molecule has 164 valence electrons. The Morgan fingerprint density at radius 1 is 1.33 bits per heavy atom. The van der Waals surface area contributed by atoms with E-state index >= 15 is 0 Å². The fraction of sp³-hybridized carbons (Fsp3) is 0.474. The summed E-state index contributed by atoms with van der Waals surface area (Å²) in [5, 5.41) is 9.23. The van der Waals surface area contributed by atoms with Gasteiger partial charge in [-0.15, -0.1) is 11.3 Å². The van der Waals surface area contributed by atoms with Gasteiger partial charge in [-0.05, 0) is 36.4 Å². The van der Waals surface area contributed by atoms with E-state index in [-0.39, 0.29) is 18.1 Å². The Morgan fingerprint density at radius 2 is 2.10 bits per heavy atom. The minimum absolute atomic E-state index is 0.00915. The van der Waals surface area contributed by atoms with E-state index in [2.05, 4.69) is 27.4 Å². The van der Waals surface area contributed by atoms with Crippen LogP contribution < -0.4 is 4.74 Å². The average molecular weight is 448 g/mol. The summed E-state index contributed by atoms with van der Waals surface area (Å²) in [7, 11) is 0. The lowest BCUT2D eigenvalue weighted by molar-refractivity contribution is -0.192. The number of thiophene rings is 1. The van der Waals surface area contributed by atoms with Gasteiger partial charge in [0, 0.05) is 30.2 Å². The summed E-state index contributed by atoms with van der Waals surface area (Å²) in [6.07, 6.45) is -1.79. The third-order valence-corrected chi connectivity index (χ3v) is 5.68. The van der Waals surface area contributed by atoms with Crippen molar-refractivity contribution in [3.63, 3.8) is 0 Å². The minimum Gasteiger partial charge on any atom is -0.475 e. The molecule has 1 saturated carbocycles. The van der Waals surface area contributed by atoms with E-state index in [1.807, 2.05) is 0 Å². The second-order valence-electron chi connectivity index (χ2n) is 6.78. The molecule has 30 heavy (non-hydrogen) atoms. The first-order chi connectivity index (χ1) is 14.3. The van der Waals surface area contributed by atoms with Gasteiger partial charge < -0.3 is 14.6 Å². The number of hydrogen-bond acceptors (Lipinski definition) is 6. The van der Waals surface area contributed by atoms with Crippen LogP contribution in [0.5, 0.6) is 5.88 Å². The summed E-state index contributed by atoms with van der Waals surface area (Å²) >= 11 is 1.78. The molecule has 3 atom stereocenters. The Labute approximate surface area is 174 Å². The van der Waals surface area contributed by atoms with Crippen LogP contribution in [-0.4, -0.2) is 58.5 Å². The second-order valence-corrected chi connectivity index (χ2v) is 7.81. The van der Waals surface area contributed by atoms with Crippen LogP contribution >= 0.6 is 11.3 Å². The van der Waals surface area contributed by atoms with Crippen molar-refractivity contribution in [1.82, 2.24) is 9.88 Å². The number of carboxylic acid groups (broad SMARTS) is 1. The molecule has 1 saturated heterocycles. The molecular formula is C19H20F4N2O4S. The largest absolute Gasteiger partial charge is 0.490 e. The normalized spacial score (nSPS) is 23.9. The van der Waals surface area contributed by atoms with Crippen molar-refractivity contribution in [1.29, 1.82) is 0 Å². The summed E-state index contributed by atoms with van der Waals surface area (Å²) in [5.74, 6) is -3.09. The Balaban J connectivity index is 0.000000318. The molecule has 0 spiro atoms. The standard InChI is InChI=1S/C17H19FN2O2S.C2HF3O2/c18-13-4-1-7-19-17(13)22-15-6-5-14-16(15)21-9-8-20(14)11-12-3-2-10-23-12;3-2(4,5)1(6)7/h1-4,7,10,14-16H,5-6,8-9,11H2;(H,6,7)/t14-,15+,16+;/m0./s1. The zero-order chi connectivity index (χ0) is 21.7. The first kappa shape index (κ1) is 22.4. The number of aromatic nitrogens is 1. The number of fused-ring (bicyclic) bond motifs is 1. The summed E-state index contributed by atoms with van der Waals surface area (Å²) < 4.78 is 57.3. The van der Waals surface area contributed by atoms with Gasteiger partial charge in [-0.2, -0.15) is 13.2 Å². The SMILES string of the molecule is Fc1cccnc1O[C@@H]1CC[C@H]2[C@H]1OCCN2Cc1cccs1.O=C(O)C(F)(F)F. The molecule has 0 radical (unpaired) electrons. The van der Waals surface area contributed by atoms with Gasteiger partial charge in [-0.3, -0.25) is 4.90 Å². The molecule has 2 aromatic rings. The van der Waals surface area contributed by atoms with Crippen molar-refractivity contribution in [2.24, 2.45) is 0 Å². The summed E-state index contributed by atoms with van der Waals surface area (Å²) in [6.45, 7) is 2.58. The number of rotatable bonds is 4. The third kappa shape index (κ3) is 5.67. The maximum atomic E-state index is 13.8. The number of aliphatic carboxylic acids is 1. The van der Waals surface area contributed by atoms with Crippen molar-refractivity contribution < 1.29 is 36.9 Å². The molecule has 2 aliphatic rings. The highest BCUT2D eigenvalue weighted by molar-refractivity contribution is 7.09. The minimum atomic E-state index is -5.08. The molecule has 4 rings (SSSR count). The molecule has 11 heteroatoms. The number of alkyl halides is 3. The highest BCUT2D eigenvalue weighted by Crippen LogP contribution is 2.34. The van der Waals surface area contributed by atoms with Crippen molar-refractivity contribution in [2.75, 3.05) is 13.2 Å². The van der Waals surface area contributed by atoms with Gasteiger partial charge in [0.05, 0.1) is 6.61 Å². The summed E-state index contributed by atoms with van der Waals surface area (Å²) in [6, 6.07) is 7.53. The average Bonchev–Trinajstić information content (AvgIpc) is 3.34. The molecule has 1 aliphatic heterocycles. The first-order valence-electron chi connectivity index (χ1n) is 9.21. The van der Waals surface area contributed by atoms with Crippen LogP contribution in [0.4, 0.5) is 17.6 Å². The zero-order valence-electron chi connectivity index (χ0n) is 15.7. The maximum absolute atomic E-state index is 13.8. The Morgan fingerprint density at radius 3 is 2.73 bits per heavy atom. The summed E-state index contributed by atoms with van der Waals surface area (Å²) in [4.78, 5) is 16.7. The van der Waals surface area contributed by atoms with Crippen LogP contribution in [0.25, 0.3) is 0 Å². The quantitative estimate of drug-likeness (QED) is 0.719. The second kappa shape index (κ2) is 9.71. The smallest absolute Gasteiger partial charge is 0.475 e. The first-order valence-corrected chi connectivity index (χ1v) is 10.1. The van der Waals surface area contributed by atoms with Crippen molar-refractivity contribution in [3.8, 4) is 5.88 Å². The Kier molecular flexibility index (Phi) is 7.27. The molecule has 2 fully saturated rings. The monoisotopic (exact) mass is 448 g/mol. The molecular weight excluding hydrogens is 428 g/mol. The van der Waals surface area contributed by atoms with Gasteiger partial charge in [0.2, 0.25) is 0 Å². The van der Waals surface area contributed by atoms with Gasteiger partial charge in [-0.1, -0.05) is 6.07 Å². The molecule has 3 heterocycles. The van der Waals surface area contributed by atoms with Gasteiger partial charge >= 0.3 is 12.1 Å². The van der Waals surface area contributed by atoms with Crippen LogP contribution in [0, 0.1) is 5.82 Å². The van der Waals surface area contributed by atoms with E-state index in [0.29, 0.717) is 12.6 Å². The van der Waals surface area contributed by atoms with E-state index in [0.717, 1.165) is 25.9 Å². The van der Waals surface area contributed by atoms with Crippen molar-refractivity contribution >= 4 is 17.3 Å². The lowest BCUT2D eigenvalue weighted by Crippen LogP contribution is -2.51. The van der Waals surface area contributed by atoms with Gasteiger partial charge in [-0.25, -0.2) is 14.2 Å². The van der Waals surface area contributed by atoms with Gasteiger partial charge in [0.15, 0.2) is 5.82 Å². The summed E-state index contributed by atoms with van der Waals surface area (Å²) in [5.41, 5.74) is 0. The third-order valence-electron chi connectivity index (χ3n) is 4.82. The predicted octanol–water partition coefficient (Wildman–Crippen LogP) is 3.73. The van der Waals surface area contributed by atoms with Gasteiger partial charge in [0.1, 0.15) is 12.2 Å². The lowest BCUT2D eigenvalue weighted by Gasteiger charge is -2.38. The number of pyridine rings is 1. The van der Waals surface area contributed by atoms with Gasteiger partial charge in [0.25, 0.3) is 5.88 Å². The molecule has 2 aromatic heterocycles. The van der Waals surface area contributed by atoms with Crippen LogP contribution in [0.2, 0.25) is 0 Å². The predicted molar refractivity (Wildman–Crippen MR) is 99.8 cm³/mol. The van der Waals surface area contributed by atoms with Crippen LogP contribution in [0.1, 0.15) is 17.7 Å². The number of ether oxygens (including phenoxy) is 2. The maximum Gasteiger partial charge on any atom is 0.490 e. The van der Waals surface area contributed by atoms with E-state index in [1.54, 1.807) is 23.6 Å². The number of carbonyl (C=O) groups is 1. The molecule has 0 bridgehead atoms. The lowest BCUT2D eigenvalue weighted by atomic mass is 10.1. The molecule has 0 aromatic carbocycles. The molecule has 0 unspecified atom stereocenters. The van der Waals surface area contributed by atoms with Crippen LogP contribution in [0.3, 0.4) is 0 Å². The number of halogens is 4. The number of morpholine rings is 1. The number of carboxylic acids is 1. The molecule has 0 amide bonds. The van der Waals surface area contributed by atoms with Crippen LogP contribution in [-0.2, 0) is 16.1 Å². The topological polar surface area (TPSA) is 71.9 Å². The molecule has 1 N–H and O–H groups in total. The van der Waals surface area contributed by atoms with Crippen molar-refractivity contribution in [3.05, 3.63) is 46.5 Å². The van der Waals surface area contributed by atoms with E-state index in [9.17, 15) is 17.6 Å². The highest BCUT2D eigenvalue weighted by Gasteiger charge is 2.44. The Bertz CT molecular complexity index is 834. The van der Waals surface area contributed by atoms with Crippen LogP contribution in [0.15, 0.2) is 35.8 Å². The number of nitrogens with zero attached hydrogens (tertiary/aromatic N) is 2. The fourth-order valence-electron chi connectivity index (χ4n) is 3.52. The van der Waals surface area contributed by atoms with E-state index in [1.165, 1.54) is 10.9 Å². The highest BCUT2D eigenvalue weighted by atomic mass is 32.1. The van der Waals surface area contributed by atoms with Crippen molar-refractivity contribution in [2.45, 2.75) is 43.8 Å². The van der Waals surface area contributed by atoms with E-state index in [4.69, 9.17) is 19.4 Å². The molecule has 6 nitrogen and oxygen atoms in total. The number of hydrogen-bond donors (Lipinski definition) is 1. The fourth-order valence-corrected chi connectivity index (χ4v) is 4.25.